The summed E-state index contributed by atoms with van der Waals surface area (Å²) in [6.45, 7) is 2.64. The Kier molecular flexibility index (Phi) is 6.16. The van der Waals surface area contributed by atoms with Crippen molar-refractivity contribution in [2.24, 2.45) is 5.92 Å². The number of amides is 2. The molecule has 1 unspecified atom stereocenters. The van der Waals surface area contributed by atoms with Crippen LogP contribution in [0.15, 0.2) is 5.38 Å². The van der Waals surface area contributed by atoms with E-state index < -0.39 is 0 Å². The lowest BCUT2D eigenvalue weighted by Crippen LogP contribution is -2.49. The number of hydrogen-bond donors (Lipinski definition) is 1. The van der Waals surface area contributed by atoms with E-state index in [4.69, 9.17) is 0 Å². The fraction of sp³-hybridized carbons (Fsp3) is 0.706. The van der Waals surface area contributed by atoms with E-state index in [0.717, 1.165) is 55.0 Å². The van der Waals surface area contributed by atoms with Gasteiger partial charge in [-0.1, -0.05) is 12.8 Å². The number of thioether (sulfide) groups is 1. The molecule has 0 radical (unpaired) electrons. The van der Waals surface area contributed by atoms with Crippen LogP contribution in [0.25, 0.3) is 0 Å². The Morgan fingerprint density at radius 3 is 2.88 bits per heavy atom. The zero-order valence-corrected chi connectivity index (χ0v) is 15.8. The van der Waals surface area contributed by atoms with Crippen molar-refractivity contribution in [1.82, 2.24) is 15.2 Å². The number of thiazole rings is 1. The summed E-state index contributed by atoms with van der Waals surface area (Å²) in [6.07, 6.45) is 6.04. The number of aryl methyl sites for hydroxylation is 2. The summed E-state index contributed by atoms with van der Waals surface area (Å²) in [6, 6.07) is -0.287. The van der Waals surface area contributed by atoms with Gasteiger partial charge in [-0.25, -0.2) is 4.98 Å². The van der Waals surface area contributed by atoms with Crippen LogP contribution in [0.1, 0.15) is 42.8 Å². The predicted molar refractivity (Wildman–Crippen MR) is 98.1 cm³/mol. The average Bonchev–Trinajstić information content (AvgIpc) is 3.31. The Balaban J connectivity index is 1.44. The van der Waals surface area contributed by atoms with Gasteiger partial charge in [0.15, 0.2) is 0 Å². The van der Waals surface area contributed by atoms with Gasteiger partial charge in [0.2, 0.25) is 11.8 Å². The predicted octanol–water partition coefficient (Wildman–Crippen LogP) is 2.59. The first-order valence-corrected chi connectivity index (χ1v) is 10.8. The molecule has 2 amide bonds. The minimum atomic E-state index is -0.287. The monoisotopic (exact) mass is 367 g/mol. The van der Waals surface area contributed by atoms with Crippen molar-refractivity contribution in [3.8, 4) is 0 Å². The molecule has 1 saturated carbocycles. The van der Waals surface area contributed by atoms with Crippen LogP contribution >= 0.6 is 23.1 Å². The van der Waals surface area contributed by atoms with Crippen LogP contribution in [-0.4, -0.2) is 45.9 Å². The molecule has 24 heavy (non-hydrogen) atoms. The summed E-state index contributed by atoms with van der Waals surface area (Å²) >= 11 is 3.35. The number of nitrogens with zero attached hydrogens (tertiary/aromatic N) is 2. The molecule has 1 aliphatic heterocycles. The number of carbonyl (C=O) groups is 2. The van der Waals surface area contributed by atoms with Gasteiger partial charge >= 0.3 is 0 Å². The highest BCUT2D eigenvalue weighted by Crippen LogP contribution is 2.30. The van der Waals surface area contributed by atoms with E-state index in [1.54, 1.807) is 28.0 Å². The topological polar surface area (TPSA) is 62.3 Å². The summed E-state index contributed by atoms with van der Waals surface area (Å²) in [5.41, 5.74) is 1.06. The zero-order chi connectivity index (χ0) is 16.9. The molecule has 1 atom stereocenters. The van der Waals surface area contributed by atoms with Gasteiger partial charge in [0.1, 0.15) is 6.04 Å². The Hall–Kier alpha value is -1.08. The van der Waals surface area contributed by atoms with Gasteiger partial charge < -0.3 is 10.2 Å². The zero-order valence-electron chi connectivity index (χ0n) is 14.1. The van der Waals surface area contributed by atoms with Crippen LogP contribution in [0.3, 0.4) is 0 Å². The summed E-state index contributed by atoms with van der Waals surface area (Å²) in [5.74, 6) is 1.71. The fourth-order valence-corrected chi connectivity index (χ4v) is 5.35. The Morgan fingerprint density at radius 1 is 1.38 bits per heavy atom. The van der Waals surface area contributed by atoms with Gasteiger partial charge in [-0.05, 0) is 26.2 Å². The maximum atomic E-state index is 12.6. The van der Waals surface area contributed by atoms with Gasteiger partial charge in [-0.15, -0.1) is 23.1 Å². The van der Waals surface area contributed by atoms with Gasteiger partial charge in [0.05, 0.1) is 10.9 Å². The standard InChI is InChI=1S/C17H25N3O2S2/c1-12-9-24-15(19-12)7-4-8-18-16(21)14-10-23-11-20(14)17(22)13-5-2-3-6-13/h9,13-14H,2-8,10-11H2,1H3,(H,18,21). The molecule has 1 aromatic rings. The molecule has 0 aromatic carbocycles. The summed E-state index contributed by atoms with van der Waals surface area (Å²) in [7, 11) is 0. The van der Waals surface area contributed by atoms with E-state index in [2.05, 4.69) is 15.7 Å². The van der Waals surface area contributed by atoms with Crippen LogP contribution < -0.4 is 5.32 Å². The number of nitrogens with one attached hydrogen (secondary N) is 1. The van der Waals surface area contributed by atoms with Crippen molar-refractivity contribution < 1.29 is 9.59 Å². The second-order valence-electron chi connectivity index (χ2n) is 6.58. The van der Waals surface area contributed by atoms with E-state index in [1.165, 1.54) is 0 Å². The van der Waals surface area contributed by atoms with Crippen LogP contribution in [0.2, 0.25) is 0 Å². The third kappa shape index (κ3) is 4.30. The quantitative estimate of drug-likeness (QED) is 0.785. The minimum Gasteiger partial charge on any atom is -0.354 e. The van der Waals surface area contributed by atoms with Crippen molar-refractivity contribution in [2.45, 2.75) is 51.5 Å². The molecule has 5 nitrogen and oxygen atoms in total. The summed E-state index contributed by atoms with van der Waals surface area (Å²) in [4.78, 5) is 31.3. The molecule has 2 fully saturated rings. The lowest BCUT2D eigenvalue weighted by molar-refractivity contribution is -0.141. The van der Waals surface area contributed by atoms with E-state index in [1.807, 2.05) is 6.92 Å². The van der Waals surface area contributed by atoms with Gasteiger partial charge in [0, 0.05) is 35.7 Å². The molecule has 1 N–H and O–H groups in total. The van der Waals surface area contributed by atoms with E-state index in [9.17, 15) is 9.59 Å². The molecule has 0 bridgehead atoms. The maximum Gasteiger partial charge on any atom is 0.243 e. The van der Waals surface area contributed by atoms with Crippen LogP contribution in [0.5, 0.6) is 0 Å². The molecule has 3 rings (SSSR count). The molecule has 0 spiro atoms. The molecule has 7 heteroatoms. The lowest BCUT2D eigenvalue weighted by Gasteiger charge is -2.25. The normalized spacial score (nSPS) is 21.4. The molecule has 1 aromatic heterocycles. The van der Waals surface area contributed by atoms with Crippen molar-refractivity contribution in [3.63, 3.8) is 0 Å². The Labute approximate surface area is 151 Å². The van der Waals surface area contributed by atoms with E-state index >= 15 is 0 Å². The molecule has 132 valence electrons. The van der Waals surface area contributed by atoms with Crippen molar-refractivity contribution in [2.75, 3.05) is 18.2 Å². The second-order valence-corrected chi connectivity index (χ2v) is 8.52. The van der Waals surface area contributed by atoms with Gasteiger partial charge in [-0.2, -0.15) is 0 Å². The number of aromatic nitrogens is 1. The van der Waals surface area contributed by atoms with Crippen LogP contribution in [0, 0.1) is 12.8 Å². The Morgan fingerprint density at radius 2 is 2.17 bits per heavy atom. The van der Waals surface area contributed by atoms with Crippen LogP contribution in [0.4, 0.5) is 0 Å². The highest BCUT2D eigenvalue weighted by atomic mass is 32.2. The number of carbonyl (C=O) groups excluding carboxylic acids is 2. The third-order valence-corrected chi connectivity index (χ3v) is 6.74. The minimum absolute atomic E-state index is 0.00154. The average molecular weight is 368 g/mol. The van der Waals surface area contributed by atoms with Crippen molar-refractivity contribution in [3.05, 3.63) is 16.1 Å². The van der Waals surface area contributed by atoms with Gasteiger partial charge in [0.25, 0.3) is 0 Å². The number of hydrogen-bond acceptors (Lipinski definition) is 5. The summed E-state index contributed by atoms with van der Waals surface area (Å²) in [5, 5.41) is 6.18. The highest BCUT2D eigenvalue weighted by Gasteiger charge is 2.38. The lowest BCUT2D eigenvalue weighted by atomic mass is 10.1. The molecular formula is C17H25N3O2S2. The van der Waals surface area contributed by atoms with E-state index in [0.29, 0.717) is 12.4 Å². The van der Waals surface area contributed by atoms with E-state index in [-0.39, 0.29) is 23.8 Å². The SMILES string of the molecule is Cc1csc(CCCNC(=O)C2CSCN2C(=O)C2CCCC2)n1. The second kappa shape index (κ2) is 8.34. The smallest absolute Gasteiger partial charge is 0.243 e. The third-order valence-electron chi connectivity index (χ3n) is 4.71. The molecular weight excluding hydrogens is 342 g/mol. The Bertz CT molecular complexity index is 584. The first-order valence-electron chi connectivity index (χ1n) is 8.72. The largest absolute Gasteiger partial charge is 0.354 e. The first kappa shape index (κ1) is 17.7. The highest BCUT2D eigenvalue weighted by molar-refractivity contribution is 7.99. The number of rotatable bonds is 6. The molecule has 1 aliphatic carbocycles. The maximum absolute atomic E-state index is 12.6. The fourth-order valence-electron chi connectivity index (χ4n) is 3.37. The van der Waals surface area contributed by atoms with Crippen molar-refractivity contribution in [1.29, 1.82) is 0 Å². The van der Waals surface area contributed by atoms with Crippen molar-refractivity contribution >= 4 is 34.9 Å². The molecule has 2 heterocycles. The summed E-state index contributed by atoms with van der Waals surface area (Å²) < 4.78 is 0. The molecule has 1 saturated heterocycles. The molecule has 2 aliphatic rings. The van der Waals surface area contributed by atoms with Crippen LogP contribution in [-0.2, 0) is 16.0 Å². The first-order chi connectivity index (χ1) is 11.6. The van der Waals surface area contributed by atoms with Gasteiger partial charge in [-0.3, -0.25) is 9.59 Å².